The molecule has 0 bridgehead atoms. The van der Waals surface area contributed by atoms with Crippen molar-refractivity contribution >= 4 is 22.4 Å². The molecule has 0 spiro atoms. The van der Waals surface area contributed by atoms with Crippen LogP contribution in [0, 0.1) is 5.92 Å². The van der Waals surface area contributed by atoms with Crippen LogP contribution in [0.25, 0.3) is 10.9 Å². The smallest absolute Gasteiger partial charge is 0.0843 e. The fourth-order valence-corrected chi connectivity index (χ4v) is 3.42. The van der Waals surface area contributed by atoms with E-state index < -0.39 is 0 Å². The van der Waals surface area contributed by atoms with Crippen molar-refractivity contribution in [3.05, 3.63) is 29.1 Å². The lowest BCUT2D eigenvalue weighted by Gasteiger charge is -2.17. The molecule has 3 heteroatoms. The van der Waals surface area contributed by atoms with Gasteiger partial charge < -0.3 is 5.32 Å². The monoisotopic (exact) mass is 260 g/mol. The summed E-state index contributed by atoms with van der Waals surface area (Å²) in [5.41, 5.74) is 1.16. The van der Waals surface area contributed by atoms with E-state index in [-0.39, 0.29) is 0 Å². The summed E-state index contributed by atoms with van der Waals surface area (Å²) in [7, 11) is 0. The first-order chi connectivity index (χ1) is 8.88. The van der Waals surface area contributed by atoms with Gasteiger partial charge in [-0.3, -0.25) is 0 Å². The van der Waals surface area contributed by atoms with E-state index in [0.717, 1.165) is 24.4 Å². The summed E-state index contributed by atoms with van der Waals surface area (Å²) < 4.78 is 4.55. The van der Waals surface area contributed by atoms with Gasteiger partial charge in [-0.15, -0.1) is 0 Å². The summed E-state index contributed by atoms with van der Waals surface area (Å²) in [6, 6.07) is 9.17. The Balaban J connectivity index is 1.77. The molecule has 1 atom stereocenters. The minimum absolute atomic E-state index is 0.661. The summed E-state index contributed by atoms with van der Waals surface area (Å²) in [5, 5.41) is 5.07. The van der Waals surface area contributed by atoms with E-state index in [0.29, 0.717) is 6.04 Å². The average molecular weight is 260 g/mol. The molecule has 2 aromatic rings. The van der Waals surface area contributed by atoms with Crippen LogP contribution in [0.3, 0.4) is 0 Å². The fraction of sp³-hybridized carbons (Fsp3) is 0.533. The SMILES string of the molecule is CCCNC(Cc1snc2ccccc12)C1CC1. The van der Waals surface area contributed by atoms with Gasteiger partial charge in [0.15, 0.2) is 0 Å². The van der Waals surface area contributed by atoms with Gasteiger partial charge in [0.25, 0.3) is 0 Å². The van der Waals surface area contributed by atoms with Crippen LogP contribution >= 0.6 is 11.5 Å². The summed E-state index contributed by atoms with van der Waals surface area (Å²) in [5.74, 6) is 0.900. The topological polar surface area (TPSA) is 24.9 Å². The molecule has 0 saturated heterocycles. The molecule has 1 aliphatic carbocycles. The lowest BCUT2D eigenvalue weighted by atomic mass is 10.1. The predicted molar refractivity (Wildman–Crippen MR) is 78.1 cm³/mol. The predicted octanol–water partition coefficient (Wildman–Crippen LogP) is 3.62. The highest BCUT2D eigenvalue weighted by Crippen LogP contribution is 2.35. The summed E-state index contributed by atoms with van der Waals surface area (Å²) in [6.07, 6.45) is 5.17. The Morgan fingerprint density at radius 1 is 1.39 bits per heavy atom. The number of hydrogen-bond acceptors (Lipinski definition) is 3. The van der Waals surface area contributed by atoms with Gasteiger partial charge in [-0.1, -0.05) is 25.1 Å². The Morgan fingerprint density at radius 3 is 3.00 bits per heavy atom. The van der Waals surface area contributed by atoms with E-state index in [9.17, 15) is 0 Å². The molecule has 2 nitrogen and oxygen atoms in total. The second-order valence-corrected chi connectivity index (χ2v) is 6.08. The van der Waals surface area contributed by atoms with Crippen LogP contribution in [0.1, 0.15) is 31.1 Å². The molecule has 1 unspecified atom stereocenters. The zero-order valence-corrected chi connectivity index (χ0v) is 11.7. The minimum atomic E-state index is 0.661. The van der Waals surface area contributed by atoms with Crippen LogP contribution < -0.4 is 5.32 Å². The molecule has 1 saturated carbocycles. The molecule has 1 fully saturated rings. The quantitative estimate of drug-likeness (QED) is 0.858. The van der Waals surface area contributed by atoms with Crippen molar-refractivity contribution in [3.8, 4) is 0 Å². The average Bonchev–Trinajstić information content (AvgIpc) is 3.17. The lowest BCUT2D eigenvalue weighted by molar-refractivity contribution is 0.463. The number of rotatable bonds is 6. The molecule has 96 valence electrons. The van der Waals surface area contributed by atoms with Crippen LogP contribution in [0.2, 0.25) is 0 Å². The molecular weight excluding hydrogens is 240 g/mol. The molecule has 3 rings (SSSR count). The molecule has 1 aromatic heterocycles. The van der Waals surface area contributed by atoms with Gasteiger partial charge in [-0.25, -0.2) is 0 Å². The van der Waals surface area contributed by atoms with Crippen molar-refractivity contribution < 1.29 is 0 Å². The van der Waals surface area contributed by atoms with Gasteiger partial charge in [0.05, 0.1) is 5.52 Å². The molecule has 1 heterocycles. The standard InChI is InChI=1S/C15H20N2S/c1-2-9-16-14(11-7-8-11)10-15-12-5-3-4-6-13(12)17-18-15/h3-6,11,14,16H,2,7-10H2,1H3. The summed E-state index contributed by atoms with van der Waals surface area (Å²) in [6.45, 7) is 3.37. The van der Waals surface area contributed by atoms with E-state index in [1.54, 1.807) is 11.5 Å². The first-order valence-corrected chi connectivity index (χ1v) is 7.72. The molecule has 1 aromatic carbocycles. The molecule has 0 aliphatic heterocycles. The first-order valence-electron chi connectivity index (χ1n) is 6.95. The maximum atomic E-state index is 4.55. The normalized spacial score (nSPS) is 17.2. The second kappa shape index (κ2) is 5.37. The number of fused-ring (bicyclic) bond motifs is 1. The summed E-state index contributed by atoms with van der Waals surface area (Å²) in [4.78, 5) is 1.45. The molecule has 0 amide bonds. The third-order valence-electron chi connectivity index (χ3n) is 3.71. The third-order valence-corrected chi connectivity index (χ3v) is 4.61. The minimum Gasteiger partial charge on any atom is -0.313 e. The van der Waals surface area contributed by atoms with Crippen molar-refractivity contribution in [1.29, 1.82) is 0 Å². The fourth-order valence-electron chi connectivity index (χ4n) is 2.52. The Labute approximate surface area is 113 Å². The molecule has 0 radical (unpaired) electrons. The zero-order valence-electron chi connectivity index (χ0n) is 10.9. The Bertz CT molecular complexity index is 516. The van der Waals surface area contributed by atoms with E-state index in [2.05, 4.69) is 40.9 Å². The van der Waals surface area contributed by atoms with Crippen molar-refractivity contribution in [2.75, 3.05) is 6.54 Å². The Kier molecular flexibility index (Phi) is 3.62. The lowest BCUT2D eigenvalue weighted by Crippen LogP contribution is -2.33. The molecular formula is C15H20N2S. The highest BCUT2D eigenvalue weighted by Gasteiger charge is 2.31. The van der Waals surface area contributed by atoms with E-state index in [1.807, 2.05) is 0 Å². The largest absolute Gasteiger partial charge is 0.313 e. The van der Waals surface area contributed by atoms with Crippen molar-refractivity contribution in [1.82, 2.24) is 9.69 Å². The number of hydrogen-bond donors (Lipinski definition) is 1. The van der Waals surface area contributed by atoms with E-state index >= 15 is 0 Å². The first kappa shape index (κ1) is 12.1. The van der Waals surface area contributed by atoms with Gasteiger partial charge in [0, 0.05) is 16.3 Å². The highest BCUT2D eigenvalue weighted by molar-refractivity contribution is 7.07. The van der Waals surface area contributed by atoms with E-state index in [1.165, 1.54) is 29.5 Å². The molecule has 18 heavy (non-hydrogen) atoms. The van der Waals surface area contributed by atoms with Gasteiger partial charge in [0.1, 0.15) is 0 Å². The number of benzene rings is 1. The van der Waals surface area contributed by atoms with Crippen LogP contribution in [0.15, 0.2) is 24.3 Å². The van der Waals surface area contributed by atoms with Crippen LogP contribution in [0.4, 0.5) is 0 Å². The van der Waals surface area contributed by atoms with Crippen molar-refractivity contribution in [3.63, 3.8) is 0 Å². The Hall–Kier alpha value is -0.930. The van der Waals surface area contributed by atoms with Crippen LogP contribution in [-0.4, -0.2) is 17.0 Å². The Morgan fingerprint density at radius 2 is 2.22 bits per heavy atom. The van der Waals surface area contributed by atoms with Gasteiger partial charge >= 0.3 is 0 Å². The van der Waals surface area contributed by atoms with Gasteiger partial charge in [-0.2, -0.15) is 4.37 Å². The number of nitrogens with one attached hydrogen (secondary N) is 1. The van der Waals surface area contributed by atoms with Gasteiger partial charge in [0.2, 0.25) is 0 Å². The molecule has 1 N–H and O–H groups in total. The zero-order chi connectivity index (χ0) is 12.4. The van der Waals surface area contributed by atoms with Crippen molar-refractivity contribution in [2.45, 2.75) is 38.6 Å². The molecule has 1 aliphatic rings. The van der Waals surface area contributed by atoms with Crippen LogP contribution in [0.5, 0.6) is 0 Å². The summed E-state index contributed by atoms with van der Waals surface area (Å²) >= 11 is 1.68. The third kappa shape index (κ3) is 2.57. The van der Waals surface area contributed by atoms with Crippen LogP contribution in [-0.2, 0) is 6.42 Å². The number of aromatic nitrogens is 1. The number of nitrogens with zero attached hydrogens (tertiary/aromatic N) is 1. The maximum absolute atomic E-state index is 4.55. The maximum Gasteiger partial charge on any atom is 0.0843 e. The second-order valence-electron chi connectivity index (χ2n) is 5.23. The van der Waals surface area contributed by atoms with Gasteiger partial charge in [-0.05, 0) is 55.7 Å². The van der Waals surface area contributed by atoms with Crippen molar-refractivity contribution in [2.24, 2.45) is 5.92 Å². The van der Waals surface area contributed by atoms with E-state index in [4.69, 9.17) is 0 Å². The highest BCUT2D eigenvalue weighted by atomic mass is 32.1.